The van der Waals surface area contributed by atoms with E-state index in [-0.39, 0.29) is 5.92 Å². The smallest absolute Gasteiger partial charge is 0.231 e. The summed E-state index contributed by atoms with van der Waals surface area (Å²) in [5, 5.41) is 0. The van der Waals surface area contributed by atoms with E-state index in [0.717, 1.165) is 75.5 Å². The van der Waals surface area contributed by atoms with Crippen molar-refractivity contribution in [1.82, 2.24) is 4.90 Å². The van der Waals surface area contributed by atoms with Gasteiger partial charge in [0.15, 0.2) is 11.5 Å². The third-order valence-electron chi connectivity index (χ3n) is 5.56. The summed E-state index contributed by atoms with van der Waals surface area (Å²) < 4.78 is 11.0. The molecule has 2 saturated heterocycles. The first-order chi connectivity index (χ1) is 12.2. The van der Waals surface area contributed by atoms with Crippen molar-refractivity contribution in [2.24, 2.45) is 5.92 Å². The monoisotopic (exact) mass is 347 g/mol. The summed E-state index contributed by atoms with van der Waals surface area (Å²) in [6.45, 7) is 4.83. The van der Waals surface area contributed by atoms with Gasteiger partial charge >= 0.3 is 0 Å². The topological polar surface area (TPSA) is 43.2 Å². The second-order valence-electron chi connectivity index (χ2n) is 7.26. The highest BCUT2D eigenvalue weighted by Crippen LogP contribution is 2.30. The van der Waals surface area contributed by atoms with E-state index in [2.05, 4.69) is 11.0 Å². The van der Waals surface area contributed by atoms with Gasteiger partial charge in [0.2, 0.25) is 5.91 Å². The molecule has 2 fully saturated rings. The van der Waals surface area contributed by atoms with E-state index in [9.17, 15) is 4.79 Å². The minimum Gasteiger partial charge on any atom is -0.493 e. The number of amides is 1. The lowest BCUT2D eigenvalue weighted by atomic mass is 9.95. The number of nitrogens with one attached hydrogen (secondary N) is 1. The number of methoxy groups -OCH3 is 2. The lowest BCUT2D eigenvalue weighted by Crippen LogP contribution is -3.12. The minimum absolute atomic E-state index is 0.179. The number of piperidine rings is 2. The molecule has 0 aliphatic carbocycles. The molecule has 0 bridgehead atoms. The van der Waals surface area contributed by atoms with Crippen LogP contribution >= 0.6 is 0 Å². The van der Waals surface area contributed by atoms with Crippen LogP contribution in [0, 0.1) is 5.92 Å². The van der Waals surface area contributed by atoms with E-state index in [1.807, 2.05) is 12.1 Å². The van der Waals surface area contributed by atoms with E-state index in [0.29, 0.717) is 5.91 Å². The molecule has 1 amide bonds. The van der Waals surface area contributed by atoms with Gasteiger partial charge in [-0.05, 0) is 44.2 Å². The van der Waals surface area contributed by atoms with Crippen molar-refractivity contribution < 1.29 is 19.2 Å². The molecule has 0 aromatic heterocycles. The summed E-state index contributed by atoms with van der Waals surface area (Å²) in [6, 6.07) is 6.04. The maximum atomic E-state index is 12.8. The van der Waals surface area contributed by atoms with Gasteiger partial charge in [-0.25, -0.2) is 0 Å². The van der Waals surface area contributed by atoms with Crippen molar-refractivity contribution in [2.45, 2.75) is 38.6 Å². The summed E-state index contributed by atoms with van der Waals surface area (Å²) in [6.07, 6.45) is 5.74. The first-order valence-electron chi connectivity index (χ1n) is 9.55. The molecule has 2 aliphatic rings. The molecule has 1 N–H and O–H groups in total. The maximum absolute atomic E-state index is 12.8. The number of nitrogens with zero attached hydrogens (tertiary/aromatic N) is 1. The molecule has 25 heavy (non-hydrogen) atoms. The van der Waals surface area contributed by atoms with Crippen LogP contribution in [0.15, 0.2) is 18.2 Å². The standard InChI is InChI=1S/C20H30N2O3/c1-24-18-10-6-8-16(19(18)25-2)14-21-11-7-9-17(15-21)20(23)22-12-4-3-5-13-22/h6,8,10,17H,3-5,7,9,11-15H2,1-2H3/p+1/t17-/m0/s1. The van der Waals surface area contributed by atoms with E-state index in [4.69, 9.17) is 9.47 Å². The molecule has 1 unspecified atom stereocenters. The van der Waals surface area contributed by atoms with Crippen LogP contribution in [-0.2, 0) is 11.3 Å². The highest BCUT2D eigenvalue weighted by Gasteiger charge is 2.32. The van der Waals surface area contributed by atoms with Gasteiger partial charge in [0.25, 0.3) is 0 Å². The van der Waals surface area contributed by atoms with Gasteiger partial charge in [-0.1, -0.05) is 6.07 Å². The van der Waals surface area contributed by atoms with Gasteiger partial charge in [0, 0.05) is 13.1 Å². The number of hydrogen-bond donors (Lipinski definition) is 1. The second kappa shape index (κ2) is 8.56. The van der Waals surface area contributed by atoms with Gasteiger partial charge in [-0.3, -0.25) is 4.79 Å². The summed E-state index contributed by atoms with van der Waals surface area (Å²) in [5.74, 6) is 2.16. The SMILES string of the molecule is COc1cccc(C[NH+]2CCC[C@H](C(=O)N3CCCCC3)C2)c1OC. The fraction of sp³-hybridized carbons (Fsp3) is 0.650. The van der Waals surface area contributed by atoms with Crippen LogP contribution in [0.4, 0.5) is 0 Å². The zero-order valence-electron chi connectivity index (χ0n) is 15.6. The van der Waals surface area contributed by atoms with Crippen molar-refractivity contribution in [3.8, 4) is 11.5 Å². The number of carbonyl (C=O) groups excluding carboxylic acids is 1. The zero-order valence-corrected chi connectivity index (χ0v) is 15.6. The van der Waals surface area contributed by atoms with Gasteiger partial charge in [0.1, 0.15) is 6.54 Å². The summed E-state index contributed by atoms with van der Waals surface area (Å²) in [7, 11) is 3.36. The van der Waals surface area contributed by atoms with E-state index < -0.39 is 0 Å². The Morgan fingerprint density at radius 1 is 1.16 bits per heavy atom. The number of quaternary nitrogens is 1. The lowest BCUT2D eigenvalue weighted by Gasteiger charge is -2.34. The highest BCUT2D eigenvalue weighted by atomic mass is 16.5. The minimum atomic E-state index is 0.179. The molecule has 2 aliphatic heterocycles. The molecule has 0 saturated carbocycles. The predicted molar refractivity (Wildman–Crippen MR) is 97.1 cm³/mol. The molecule has 2 heterocycles. The first-order valence-corrected chi connectivity index (χ1v) is 9.55. The van der Waals surface area contributed by atoms with E-state index in [1.165, 1.54) is 11.3 Å². The van der Waals surface area contributed by atoms with Crippen molar-refractivity contribution >= 4 is 5.91 Å². The number of rotatable bonds is 5. The molecule has 0 radical (unpaired) electrons. The Balaban J connectivity index is 1.65. The van der Waals surface area contributed by atoms with Crippen molar-refractivity contribution in [3.63, 3.8) is 0 Å². The molecular formula is C20H31N2O3+. The highest BCUT2D eigenvalue weighted by molar-refractivity contribution is 5.79. The Bertz CT molecular complexity index is 584. The average molecular weight is 347 g/mol. The number of likely N-dealkylation sites (tertiary alicyclic amines) is 2. The second-order valence-corrected chi connectivity index (χ2v) is 7.26. The molecule has 2 atom stereocenters. The van der Waals surface area contributed by atoms with Gasteiger partial charge in [0.05, 0.1) is 38.8 Å². The maximum Gasteiger partial charge on any atom is 0.231 e. The number of ether oxygens (including phenoxy) is 2. The van der Waals surface area contributed by atoms with Crippen LogP contribution in [0.25, 0.3) is 0 Å². The van der Waals surface area contributed by atoms with Crippen molar-refractivity contribution in [1.29, 1.82) is 0 Å². The van der Waals surface area contributed by atoms with Crippen LogP contribution in [-0.4, -0.2) is 51.2 Å². The van der Waals surface area contributed by atoms with Crippen LogP contribution in [0.2, 0.25) is 0 Å². The normalized spacial score (nSPS) is 24.0. The Hall–Kier alpha value is -1.75. The van der Waals surface area contributed by atoms with E-state index >= 15 is 0 Å². The largest absolute Gasteiger partial charge is 0.493 e. The fourth-order valence-corrected chi connectivity index (χ4v) is 4.26. The molecule has 1 aromatic carbocycles. The lowest BCUT2D eigenvalue weighted by molar-refractivity contribution is -0.921. The van der Waals surface area contributed by atoms with E-state index in [1.54, 1.807) is 14.2 Å². The first kappa shape index (κ1) is 18.1. The molecule has 3 rings (SSSR count). The third kappa shape index (κ3) is 4.27. The van der Waals surface area contributed by atoms with Crippen molar-refractivity contribution in [3.05, 3.63) is 23.8 Å². The fourth-order valence-electron chi connectivity index (χ4n) is 4.26. The Morgan fingerprint density at radius 3 is 2.68 bits per heavy atom. The summed E-state index contributed by atoms with van der Waals surface area (Å²) in [5.41, 5.74) is 1.16. The van der Waals surface area contributed by atoms with Crippen LogP contribution in [0.1, 0.15) is 37.7 Å². The average Bonchev–Trinajstić information content (AvgIpc) is 2.68. The number of para-hydroxylation sites is 1. The quantitative estimate of drug-likeness (QED) is 0.878. The zero-order chi connectivity index (χ0) is 17.6. The van der Waals surface area contributed by atoms with Crippen LogP contribution in [0.5, 0.6) is 11.5 Å². The Kier molecular flexibility index (Phi) is 6.19. The van der Waals surface area contributed by atoms with Crippen LogP contribution < -0.4 is 14.4 Å². The van der Waals surface area contributed by atoms with Crippen LogP contribution in [0.3, 0.4) is 0 Å². The Morgan fingerprint density at radius 2 is 1.96 bits per heavy atom. The Labute approximate surface area is 150 Å². The number of carbonyl (C=O) groups is 1. The summed E-state index contributed by atoms with van der Waals surface area (Å²) >= 11 is 0. The predicted octanol–water partition coefficient (Wildman–Crippen LogP) is 1.51. The molecule has 138 valence electrons. The van der Waals surface area contributed by atoms with Gasteiger partial charge in [-0.2, -0.15) is 0 Å². The van der Waals surface area contributed by atoms with Crippen molar-refractivity contribution in [2.75, 3.05) is 40.4 Å². The number of benzene rings is 1. The molecular weight excluding hydrogens is 316 g/mol. The molecule has 0 spiro atoms. The summed E-state index contributed by atoms with van der Waals surface area (Å²) in [4.78, 5) is 16.4. The molecule has 5 nitrogen and oxygen atoms in total. The molecule has 1 aromatic rings. The van der Waals surface area contributed by atoms with Gasteiger partial charge in [-0.15, -0.1) is 0 Å². The van der Waals surface area contributed by atoms with Gasteiger partial charge < -0.3 is 19.3 Å². The third-order valence-corrected chi connectivity index (χ3v) is 5.56. The number of hydrogen-bond acceptors (Lipinski definition) is 3. The molecule has 5 heteroatoms.